The van der Waals surface area contributed by atoms with Crippen molar-refractivity contribution >= 4 is 16.9 Å². The Morgan fingerprint density at radius 1 is 1.30 bits per heavy atom. The Balaban J connectivity index is 1.78. The summed E-state index contributed by atoms with van der Waals surface area (Å²) in [5.41, 5.74) is 1.85. The van der Waals surface area contributed by atoms with E-state index in [1.165, 1.54) is 0 Å². The van der Waals surface area contributed by atoms with E-state index in [-0.39, 0.29) is 0 Å². The van der Waals surface area contributed by atoms with E-state index in [9.17, 15) is 0 Å². The van der Waals surface area contributed by atoms with Gasteiger partial charge in [0.15, 0.2) is 5.65 Å². The lowest BCUT2D eigenvalue weighted by Gasteiger charge is -2.30. The van der Waals surface area contributed by atoms with Crippen molar-refractivity contribution in [2.75, 3.05) is 11.9 Å². The van der Waals surface area contributed by atoms with E-state index in [1.54, 1.807) is 0 Å². The van der Waals surface area contributed by atoms with Gasteiger partial charge in [0.2, 0.25) is 0 Å². The Hall–Kier alpha value is -1.62. The van der Waals surface area contributed by atoms with E-state index >= 15 is 0 Å². The summed E-state index contributed by atoms with van der Waals surface area (Å²) in [6, 6.07) is 4.50. The lowest BCUT2D eigenvalue weighted by atomic mass is 10.0. The van der Waals surface area contributed by atoms with Crippen LogP contribution in [0.25, 0.3) is 11.0 Å². The highest BCUT2D eigenvalue weighted by Crippen LogP contribution is 2.37. The van der Waals surface area contributed by atoms with Crippen LogP contribution < -0.4 is 5.32 Å². The molecule has 106 valence electrons. The van der Waals surface area contributed by atoms with Crippen molar-refractivity contribution in [3.05, 3.63) is 17.8 Å². The number of pyridine rings is 1. The van der Waals surface area contributed by atoms with Crippen LogP contribution in [-0.4, -0.2) is 33.5 Å². The minimum Gasteiger partial charge on any atom is -0.373 e. The second kappa shape index (κ2) is 4.45. The van der Waals surface area contributed by atoms with E-state index in [4.69, 9.17) is 9.84 Å². The summed E-state index contributed by atoms with van der Waals surface area (Å²) in [6.07, 6.45) is 4.03. The molecule has 3 unspecified atom stereocenters. The highest BCUT2D eigenvalue weighted by atomic mass is 16.5. The van der Waals surface area contributed by atoms with Gasteiger partial charge >= 0.3 is 0 Å². The Labute approximate surface area is 118 Å². The third kappa shape index (κ3) is 1.80. The summed E-state index contributed by atoms with van der Waals surface area (Å²) in [6.45, 7) is 5.14. The number of hydrogen-bond acceptors (Lipinski definition) is 4. The molecule has 20 heavy (non-hydrogen) atoms. The van der Waals surface area contributed by atoms with Gasteiger partial charge in [-0.2, -0.15) is 5.10 Å². The third-order valence-electron chi connectivity index (χ3n) is 4.44. The molecule has 1 saturated heterocycles. The fourth-order valence-corrected chi connectivity index (χ4v) is 3.42. The zero-order valence-corrected chi connectivity index (χ0v) is 12.0. The molecule has 2 aromatic heterocycles. The highest BCUT2D eigenvalue weighted by Gasteiger charge is 2.34. The molecule has 5 nitrogen and oxygen atoms in total. The molecule has 0 bridgehead atoms. The molecule has 4 heterocycles. The van der Waals surface area contributed by atoms with Crippen molar-refractivity contribution in [1.29, 1.82) is 0 Å². The largest absolute Gasteiger partial charge is 0.373 e. The Morgan fingerprint density at radius 3 is 3.00 bits per heavy atom. The van der Waals surface area contributed by atoms with Gasteiger partial charge in [-0.25, -0.2) is 9.67 Å². The van der Waals surface area contributed by atoms with Crippen LogP contribution >= 0.6 is 0 Å². The number of anilines is 1. The van der Waals surface area contributed by atoms with Gasteiger partial charge in [-0.1, -0.05) is 0 Å². The molecule has 1 N–H and O–H groups in total. The number of aromatic nitrogens is 3. The van der Waals surface area contributed by atoms with Crippen LogP contribution in [0.4, 0.5) is 5.82 Å². The van der Waals surface area contributed by atoms with Crippen molar-refractivity contribution in [3.63, 3.8) is 0 Å². The quantitative estimate of drug-likeness (QED) is 0.867. The first-order chi connectivity index (χ1) is 9.72. The smallest absolute Gasteiger partial charge is 0.183 e. The van der Waals surface area contributed by atoms with Crippen molar-refractivity contribution in [3.8, 4) is 0 Å². The van der Waals surface area contributed by atoms with Gasteiger partial charge in [0, 0.05) is 12.2 Å². The van der Waals surface area contributed by atoms with Gasteiger partial charge < -0.3 is 10.1 Å². The van der Waals surface area contributed by atoms with Crippen LogP contribution in [0.1, 0.15) is 37.9 Å². The predicted molar refractivity (Wildman–Crippen MR) is 78.0 cm³/mol. The fraction of sp³-hybridized carbons (Fsp3) is 0.600. The summed E-state index contributed by atoms with van der Waals surface area (Å²) in [5, 5.41) is 9.32. The van der Waals surface area contributed by atoms with Crippen molar-refractivity contribution in [2.45, 2.75) is 51.4 Å². The molecule has 0 radical (unpaired) electrons. The van der Waals surface area contributed by atoms with Crippen molar-refractivity contribution in [1.82, 2.24) is 14.8 Å². The van der Waals surface area contributed by atoms with E-state index < -0.39 is 0 Å². The Bertz CT molecular complexity index is 651. The second-order valence-corrected chi connectivity index (χ2v) is 5.96. The molecular weight excluding hydrogens is 252 g/mol. The van der Waals surface area contributed by atoms with E-state index in [1.807, 2.05) is 13.0 Å². The van der Waals surface area contributed by atoms with Crippen LogP contribution in [0.3, 0.4) is 0 Å². The van der Waals surface area contributed by atoms with Crippen LogP contribution in [-0.2, 0) is 4.74 Å². The molecule has 0 spiro atoms. The van der Waals surface area contributed by atoms with Crippen LogP contribution in [0.2, 0.25) is 0 Å². The number of rotatable bonds is 1. The fourth-order valence-electron chi connectivity index (χ4n) is 3.42. The van der Waals surface area contributed by atoms with Crippen molar-refractivity contribution < 1.29 is 4.74 Å². The molecule has 2 aromatic rings. The maximum absolute atomic E-state index is 6.07. The number of nitrogens with zero attached hydrogens (tertiary/aromatic N) is 3. The number of aryl methyl sites for hydroxylation is 1. The van der Waals surface area contributed by atoms with E-state index in [0.717, 1.165) is 48.4 Å². The first-order valence-electron chi connectivity index (χ1n) is 7.47. The van der Waals surface area contributed by atoms with Gasteiger partial charge in [0.1, 0.15) is 5.82 Å². The molecule has 5 heteroatoms. The number of ether oxygens (including phenoxy) is 1. The van der Waals surface area contributed by atoms with Crippen LogP contribution in [0, 0.1) is 6.92 Å². The first kappa shape index (κ1) is 12.1. The minimum absolute atomic E-state index is 0.293. The third-order valence-corrected chi connectivity index (χ3v) is 4.44. The predicted octanol–water partition coefficient (Wildman–Crippen LogP) is 2.66. The summed E-state index contributed by atoms with van der Waals surface area (Å²) in [4.78, 5) is 4.54. The topological polar surface area (TPSA) is 52.0 Å². The molecule has 1 fully saturated rings. The Morgan fingerprint density at radius 2 is 2.20 bits per heavy atom. The van der Waals surface area contributed by atoms with Gasteiger partial charge in [0.25, 0.3) is 0 Å². The molecule has 0 aliphatic carbocycles. The highest BCUT2D eigenvalue weighted by molar-refractivity contribution is 5.87. The molecule has 3 atom stereocenters. The van der Waals surface area contributed by atoms with E-state index in [0.29, 0.717) is 18.2 Å². The van der Waals surface area contributed by atoms with Gasteiger partial charge in [-0.3, -0.25) is 0 Å². The molecular formula is C15H20N4O. The average molecular weight is 272 g/mol. The lowest BCUT2D eigenvalue weighted by molar-refractivity contribution is 0.0175. The zero-order chi connectivity index (χ0) is 13.7. The average Bonchev–Trinajstić information content (AvgIpc) is 3.01. The maximum atomic E-state index is 6.07. The molecule has 2 aliphatic rings. The lowest BCUT2D eigenvalue weighted by Crippen LogP contribution is -2.32. The van der Waals surface area contributed by atoms with Gasteiger partial charge in [-0.15, -0.1) is 0 Å². The molecule has 2 aliphatic heterocycles. The SMILES string of the molecule is Cc1ccc2c3n(nc2n1)C(C1CCC(C)O1)CCN3. The standard InChI is InChI=1S/C15H20N4O/c1-9-3-5-11-14(17-9)18-19-12(7-8-16-15(11)19)13-6-4-10(2)20-13/h3,5,10,12-13,16H,4,6-8H2,1-2H3. The van der Waals surface area contributed by atoms with Crippen LogP contribution in [0.5, 0.6) is 0 Å². The molecule has 0 aromatic carbocycles. The van der Waals surface area contributed by atoms with Crippen LogP contribution in [0.15, 0.2) is 12.1 Å². The zero-order valence-electron chi connectivity index (χ0n) is 12.0. The van der Waals surface area contributed by atoms with Gasteiger partial charge in [-0.05, 0) is 45.2 Å². The summed E-state index contributed by atoms with van der Waals surface area (Å²) in [7, 11) is 0. The molecule has 0 saturated carbocycles. The van der Waals surface area contributed by atoms with Crippen molar-refractivity contribution in [2.24, 2.45) is 0 Å². The van der Waals surface area contributed by atoms with E-state index in [2.05, 4.69) is 28.0 Å². The number of nitrogens with one attached hydrogen (secondary N) is 1. The Kier molecular flexibility index (Phi) is 2.70. The number of fused-ring (bicyclic) bond motifs is 3. The maximum Gasteiger partial charge on any atom is 0.183 e. The summed E-state index contributed by atoms with van der Waals surface area (Å²) >= 11 is 0. The minimum atomic E-state index is 0.293. The summed E-state index contributed by atoms with van der Waals surface area (Å²) < 4.78 is 8.18. The normalized spacial score (nSPS) is 29.4. The first-order valence-corrected chi connectivity index (χ1v) is 7.47. The molecule has 0 amide bonds. The second-order valence-electron chi connectivity index (χ2n) is 5.96. The molecule has 4 rings (SSSR count). The summed E-state index contributed by atoms with van der Waals surface area (Å²) in [5.74, 6) is 1.10. The number of hydrogen-bond donors (Lipinski definition) is 1. The van der Waals surface area contributed by atoms with Gasteiger partial charge in [0.05, 0.1) is 23.6 Å². The monoisotopic (exact) mass is 272 g/mol.